The summed E-state index contributed by atoms with van der Waals surface area (Å²) in [6.07, 6.45) is 0.545. The number of hydrogen-bond donors (Lipinski definition) is 1. The number of anilines is 1. The molecule has 4 heteroatoms. The van der Waals surface area contributed by atoms with Crippen molar-refractivity contribution in [2.45, 2.75) is 32.7 Å². The van der Waals surface area contributed by atoms with E-state index in [0.717, 1.165) is 16.7 Å². The second-order valence-corrected chi connectivity index (χ2v) is 6.35. The number of benzene rings is 1. The standard InChI is InChI=1S/C14H19BrN2O/c1-10-4-5-12(11(15)8-10)17-9-14(2,3)16-7-6-13(17)18/h4-5,8,16H,6-7,9H2,1-3H3. The molecule has 1 aliphatic rings. The largest absolute Gasteiger partial charge is 0.310 e. The lowest BCUT2D eigenvalue weighted by atomic mass is 10.1. The van der Waals surface area contributed by atoms with Crippen LogP contribution < -0.4 is 10.2 Å². The van der Waals surface area contributed by atoms with E-state index < -0.39 is 0 Å². The molecule has 1 heterocycles. The van der Waals surface area contributed by atoms with Crippen LogP contribution in [0.4, 0.5) is 5.69 Å². The van der Waals surface area contributed by atoms with Crippen molar-refractivity contribution in [2.24, 2.45) is 0 Å². The summed E-state index contributed by atoms with van der Waals surface area (Å²) in [5, 5.41) is 3.40. The number of nitrogens with zero attached hydrogens (tertiary/aromatic N) is 1. The lowest BCUT2D eigenvalue weighted by Gasteiger charge is -2.30. The highest BCUT2D eigenvalue weighted by atomic mass is 79.9. The summed E-state index contributed by atoms with van der Waals surface area (Å²) in [6.45, 7) is 7.73. The molecule has 0 bridgehead atoms. The summed E-state index contributed by atoms with van der Waals surface area (Å²) in [5.41, 5.74) is 2.09. The van der Waals surface area contributed by atoms with Gasteiger partial charge in [0.15, 0.2) is 0 Å². The van der Waals surface area contributed by atoms with E-state index in [9.17, 15) is 4.79 Å². The van der Waals surface area contributed by atoms with E-state index >= 15 is 0 Å². The molecule has 1 aliphatic heterocycles. The van der Waals surface area contributed by atoms with Crippen LogP contribution in [-0.4, -0.2) is 24.5 Å². The number of carbonyl (C=O) groups is 1. The van der Waals surface area contributed by atoms with Crippen molar-refractivity contribution >= 4 is 27.5 Å². The Kier molecular flexibility index (Phi) is 3.78. The third-order valence-electron chi connectivity index (χ3n) is 3.19. The Morgan fingerprint density at radius 1 is 1.39 bits per heavy atom. The van der Waals surface area contributed by atoms with E-state index in [0.29, 0.717) is 13.0 Å². The van der Waals surface area contributed by atoms with Gasteiger partial charge in [0.05, 0.1) is 5.69 Å². The fraction of sp³-hybridized carbons (Fsp3) is 0.500. The molecule has 0 spiro atoms. The molecule has 0 aromatic heterocycles. The minimum Gasteiger partial charge on any atom is -0.310 e. The van der Waals surface area contributed by atoms with Gasteiger partial charge in [-0.1, -0.05) is 6.07 Å². The van der Waals surface area contributed by atoms with E-state index in [-0.39, 0.29) is 11.4 Å². The van der Waals surface area contributed by atoms with Gasteiger partial charge in [-0.3, -0.25) is 4.79 Å². The predicted octanol–water partition coefficient (Wildman–Crippen LogP) is 2.86. The summed E-state index contributed by atoms with van der Waals surface area (Å²) in [5.74, 6) is 0.178. The molecule has 1 fully saturated rings. The molecule has 0 aliphatic carbocycles. The second kappa shape index (κ2) is 5.02. The summed E-state index contributed by atoms with van der Waals surface area (Å²) >= 11 is 3.56. The predicted molar refractivity (Wildman–Crippen MR) is 77.9 cm³/mol. The summed E-state index contributed by atoms with van der Waals surface area (Å²) in [7, 11) is 0. The van der Waals surface area contributed by atoms with Gasteiger partial charge in [-0.05, 0) is 54.4 Å². The highest BCUT2D eigenvalue weighted by Crippen LogP contribution is 2.29. The van der Waals surface area contributed by atoms with Gasteiger partial charge in [-0.25, -0.2) is 0 Å². The van der Waals surface area contributed by atoms with Crippen LogP contribution in [0.5, 0.6) is 0 Å². The van der Waals surface area contributed by atoms with Crippen LogP contribution in [0.2, 0.25) is 0 Å². The van der Waals surface area contributed by atoms with Gasteiger partial charge < -0.3 is 10.2 Å². The molecule has 1 aromatic rings. The summed E-state index contributed by atoms with van der Waals surface area (Å²) < 4.78 is 0.980. The smallest absolute Gasteiger partial charge is 0.228 e. The van der Waals surface area contributed by atoms with Crippen LogP contribution in [-0.2, 0) is 4.79 Å². The maximum atomic E-state index is 12.2. The highest BCUT2D eigenvalue weighted by Gasteiger charge is 2.29. The molecular weight excluding hydrogens is 292 g/mol. The maximum Gasteiger partial charge on any atom is 0.228 e. The molecule has 0 atom stereocenters. The molecular formula is C14H19BrN2O. The van der Waals surface area contributed by atoms with Crippen molar-refractivity contribution < 1.29 is 4.79 Å². The van der Waals surface area contributed by atoms with Gasteiger partial charge in [-0.15, -0.1) is 0 Å². The van der Waals surface area contributed by atoms with Gasteiger partial charge in [0, 0.05) is 29.5 Å². The van der Waals surface area contributed by atoms with Crippen LogP contribution in [0, 0.1) is 6.92 Å². The average molecular weight is 311 g/mol. The number of aryl methyl sites for hydroxylation is 1. The van der Waals surface area contributed by atoms with Gasteiger partial charge in [-0.2, -0.15) is 0 Å². The van der Waals surface area contributed by atoms with E-state index in [1.165, 1.54) is 5.56 Å². The van der Waals surface area contributed by atoms with Crippen molar-refractivity contribution in [1.29, 1.82) is 0 Å². The first-order valence-electron chi connectivity index (χ1n) is 6.21. The third kappa shape index (κ3) is 2.93. The Morgan fingerprint density at radius 3 is 2.78 bits per heavy atom. The van der Waals surface area contributed by atoms with E-state index in [1.807, 2.05) is 30.0 Å². The van der Waals surface area contributed by atoms with E-state index in [2.05, 4.69) is 35.1 Å². The van der Waals surface area contributed by atoms with Crippen molar-refractivity contribution in [1.82, 2.24) is 5.32 Å². The van der Waals surface area contributed by atoms with Crippen molar-refractivity contribution in [2.75, 3.05) is 18.0 Å². The van der Waals surface area contributed by atoms with Gasteiger partial charge >= 0.3 is 0 Å². The Balaban J connectivity index is 2.37. The fourth-order valence-electron chi connectivity index (χ4n) is 2.23. The first-order chi connectivity index (χ1) is 8.39. The van der Waals surface area contributed by atoms with Gasteiger partial charge in [0.25, 0.3) is 0 Å². The first-order valence-corrected chi connectivity index (χ1v) is 7.00. The molecule has 0 radical (unpaired) electrons. The first kappa shape index (κ1) is 13.6. The minimum absolute atomic E-state index is 0.0590. The Hall–Kier alpha value is -0.870. The molecule has 18 heavy (non-hydrogen) atoms. The number of halogens is 1. The lowest BCUT2D eigenvalue weighted by molar-refractivity contribution is -0.118. The quantitative estimate of drug-likeness (QED) is 0.865. The van der Waals surface area contributed by atoms with Crippen LogP contribution in [0.15, 0.2) is 22.7 Å². The Labute approximate surface area is 117 Å². The zero-order valence-corrected chi connectivity index (χ0v) is 12.7. The van der Waals surface area contributed by atoms with Crippen molar-refractivity contribution in [3.63, 3.8) is 0 Å². The molecule has 1 N–H and O–H groups in total. The zero-order chi connectivity index (χ0) is 13.3. The SMILES string of the molecule is Cc1ccc(N2CC(C)(C)NCCC2=O)c(Br)c1. The molecule has 3 nitrogen and oxygen atoms in total. The molecule has 1 amide bonds. The lowest BCUT2D eigenvalue weighted by Crippen LogP contribution is -2.47. The Morgan fingerprint density at radius 2 is 2.11 bits per heavy atom. The van der Waals surface area contributed by atoms with Crippen LogP contribution in [0.1, 0.15) is 25.8 Å². The molecule has 1 saturated heterocycles. The summed E-state index contributed by atoms with van der Waals surface area (Å²) in [4.78, 5) is 14.1. The molecule has 0 unspecified atom stereocenters. The number of carbonyl (C=O) groups excluding carboxylic acids is 1. The van der Waals surface area contributed by atoms with E-state index in [1.54, 1.807) is 0 Å². The number of nitrogens with one attached hydrogen (secondary N) is 1. The number of rotatable bonds is 1. The second-order valence-electron chi connectivity index (χ2n) is 5.50. The van der Waals surface area contributed by atoms with Gasteiger partial charge in [0.2, 0.25) is 5.91 Å². The van der Waals surface area contributed by atoms with Gasteiger partial charge in [0.1, 0.15) is 0 Å². The van der Waals surface area contributed by atoms with Crippen LogP contribution >= 0.6 is 15.9 Å². The monoisotopic (exact) mass is 310 g/mol. The molecule has 2 rings (SSSR count). The zero-order valence-electron chi connectivity index (χ0n) is 11.1. The maximum absolute atomic E-state index is 12.2. The fourth-order valence-corrected chi connectivity index (χ4v) is 2.94. The van der Waals surface area contributed by atoms with E-state index in [4.69, 9.17) is 0 Å². The number of hydrogen-bond acceptors (Lipinski definition) is 2. The number of amides is 1. The minimum atomic E-state index is -0.0590. The van der Waals surface area contributed by atoms with Crippen molar-refractivity contribution in [3.8, 4) is 0 Å². The van der Waals surface area contributed by atoms with Crippen molar-refractivity contribution in [3.05, 3.63) is 28.2 Å². The highest BCUT2D eigenvalue weighted by molar-refractivity contribution is 9.10. The molecule has 98 valence electrons. The third-order valence-corrected chi connectivity index (χ3v) is 3.83. The van der Waals surface area contributed by atoms with Crippen LogP contribution in [0.25, 0.3) is 0 Å². The van der Waals surface area contributed by atoms with Crippen LogP contribution in [0.3, 0.4) is 0 Å². The Bertz CT molecular complexity index is 471. The topological polar surface area (TPSA) is 32.3 Å². The average Bonchev–Trinajstić information content (AvgIpc) is 2.38. The molecule has 1 aromatic carbocycles. The molecule has 0 saturated carbocycles. The normalized spacial score (nSPS) is 19.8. The summed E-state index contributed by atoms with van der Waals surface area (Å²) in [6, 6.07) is 6.10.